The Hall–Kier alpha value is -3.88. The van der Waals surface area contributed by atoms with E-state index in [4.69, 9.17) is 9.47 Å². The van der Waals surface area contributed by atoms with Crippen LogP contribution >= 0.6 is 0 Å². The summed E-state index contributed by atoms with van der Waals surface area (Å²) < 4.78 is 25.4. The molecule has 34 heavy (non-hydrogen) atoms. The van der Waals surface area contributed by atoms with E-state index in [1.165, 1.54) is 28.9 Å². The number of carbonyl (C=O) groups excluding carboxylic acids is 1. The van der Waals surface area contributed by atoms with Gasteiger partial charge in [0.15, 0.2) is 11.5 Å². The van der Waals surface area contributed by atoms with Crippen LogP contribution in [0.25, 0.3) is 5.69 Å². The van der Waals surface area contributed by atoms with Crippen LogP contribution in [0.5, 0.6) is 11.5 Å². The number of methoxy groups -OCH3 is 2. The number of hydrogen-bond donors (Lipinski definition) is 1. The number of rotatable bonds is 7. The summed E-state index contributed by atoms with van der Waals surface area (Å²) in [7, 11) is 3.15. The molecule has 0 saturated carbocycles. The third-order valence-electron chi connectivity index (χ3n) is 5.87. The number of aromatic nitrogens is 2. The van der Waals surface area contributed by atoms with Crippen LogP contribution < -0.4 is 25.2 Å². The van der Waals surface area contributed by atoms with E-state index in [0.717, 1.165) is 18.4 Å². The molecule has 0 aliphatic carbocycles. The van der Waals surface area contributed by atoms with Crippen molar-refractivity contribution < 1.29 is 18.7 Å². The zero-order chi connectivity index (χ0) is 24.1. The molecule has 1 atom stereocenters. The zero-order valence-corrected chi connectivity index (χ0v) is 19.2. The first-order valence-electron chi connectivity index (χ1n) is 11.1. The number of benzene rings is 2. The van der Waals surface area contributed by atoms with Gasteiger partial charge < -0.3 is 19.7 Å². The number of hydrogen-bond acceptors (Lipinski definition) is 6. The average molecular weight is 467 g/mol. The molecule has 0 radical (unpaired) electrons. The Morgan fingerprint density at radius 1 is 1.12 bits per heavy atom. The van der Waals surface area contributed by atoms with Crippen molar-refractivity contribution >= 4 is 11.7 Å². The zero-order valence-electron chi connectivity index (χ0n) is 19.2. The Morgan fingerprint density at radius 2 is 1.94 bits per heavy atom. The maximum absolute atomic E-state index is 13.6. The Labute approximate surface area is 196 Å². The lowest BCUT2D eigenvalue weighted by atomic mass is 9.97. The summed E-state index contributed by atoms with van der Waals surface area (Å²) in [5, 5.41) is 7.44. The van der Waals surface area contributed by atoms with Gasteiger partial charge in [-0.25, -0.2) is 4.39 Å². The van der Waals surface area contributed by atoms with Crippen LogP contribution in [-0.2, 0) is 11.3 Å². The lowest BCUT2D eigenvalue weighted by Crippen LogP contribution is -2.43. The first kappa shape index (κ1) is 23.3. The number of nitrogens with zero attached hydrogens (tertiary/aromatic N) is 3. The minimum atomic E-state index is -0.444. The van der Waals surface area contributed by atoms with E-state index in [9.17, 15) is 14.0 Å². The monoisotopic (exact) mass is 466 g/mol. The van der Waals surface area contributed by atoms with Gasteiger partial charge in [0, 0.05) is 25.7 Å². The van der Waals surface area contributed by atoms with Gasteiger partial charge in [-0.15, -0.1) is 5.10 Å². The first-order valence-corrected chi connectivity index (χ1v) is 11.1. The summed E-state index contributed by atoms with van der Waals surface area (Å²) >= 11 is 0. The quantitative estimate of drug-likeness (QED) is 0.576. The largest absolute Gasteiger partial charge is 0.493 e. The van der Waals surface area contributed by atoms with E-state index in [2.05, 4.69) is 10.4 Å². The predicted molar refractivity (Wildman–Crippen MR) is 126 cm³/mol. The molecule has 1 amide bonds. The minimum Gasteiger partial charge on any atom is -0.493 e. The highest BCUT2D eigenvalue weighted by Gasteiger charge is 2.27. The van der Waals surface area contributed by atoms with Crippen LogP contribution in [0.3, 0.4) is 0 Å². The normalized spacial score (nSPS) is 15.6. The molecule has 1 fully saturated rings. The highest BCUT2D eigenvalue weighted by atomic mass is 19.1. The van der Waals surface area contributed by atoms with Crippen molar-refractivity contribution in [1.82, 2.24) is 15.1 Å². The summed E-state index contributed by atoms with van der Waals surface area (Å²) in [5.74, 6) is 1.11. The number of carbonyl (C=O) groups is 1. The van der Waals surface area contributed by atoms with Crippen molar-refractivity contribution in [2.75, 3.05) is 32.2 Å². The second-order valence-electron chi connectivity index (χ2n) is 8.11. The van der Waals surface area contributed by atoms with Gasteiger partial charge in [0.2, 0.25) is 5.91 Å². The second-order valence-corrected chi connectivity index (χ2v) is 8.11. The summed E-state index contributed by atoms with van der Waals surface area (Å²) in [6.07, 6.45) is 1.58. The van der Waals surface area contributed by atoms with E-state index in [0.29, 0.717) is 42.6 Å². The summed E-state index contributed by atoms with van der Waals surface area (Å²) in [5.41, 5.74) is 0.908. The van der Waals surface area contributed by atoms with E-state index >= 15 is 0 Å². The van der Waals surface area contributed by atoms with Crippen molar-refractivity contribution in [3.63, 3.8) is 0 Å². The smallest absolute Gasteiger partial charge is 0.271 e. The van der Waals surface area contributed by atoms with Crippen molar-refractivity contribution in [2.24, 2.45) is 5.92 Å². The highest BCUT2D eigenvalue weighted by Crippen LogP contribution is 2.27. The molecule has 0 spiro atoms. The minimum absolute atomic E-state index is 0.0436. The van der Waals surface area contributed by atoms with Gasteiger partial charge >= 0.3 is 0 Å². The molecule has 4 rings (SSSR count). The van der Waals surface area contributed by atoms with E-state index < -0.39 is 5.82 Å². The molecule has 0 bridgehead atoms. The second kappa shape index (κ2) is 10.4. The molecule has 3 aromatic rings. The van der Waals surface area contributed by atoms with Gasteiger partial charge in [0.05, 0.1) is 25.8 Å². The topological polar surface area (TPSA) is 85.7 Å². The molecular formula is C25H27FN4O4. The number of halogens is 1. The Balaban J connectivity index is 1.44. The molecule has 1 N–H and O–H groups in total. The molecule has 178 valence electrons. The van der Waals surface area contributed by atoms with Crippen LogP contribution in [0.1, 0.15) is 18.4 Å². The SMILES string of the molecule is COc1ccc(CNC(=O)C2CCCN(c3ccc(=O)n(-c4cccc(F)c4)n3)C2)cc1OC. The summed E-state index contributed by atoms with van der Waals surface area (Å²) in [4.78, 5) is 27.2. The van der Waals surface area contributed by atoms with E-state index in [1.807, 2.05) is 23.1 Å². The molecule has 2 aromatic carbocycles. The number of piperidine rings is 1. The Morgan fingerprint density at radius 3 is 2.71 bits per heavy atom. The molecule has 1 unspecified atom stereocenters. The van der Waals surface area contributed by atoms with Crippen molar-refractivity contribution in [1.29, 1.82) is 0 Å². The molecule has 9 heteroatoms. The highest BCUT2D eigenvalue weighted by molar-refractivity contribution is 5.79. The van der Waals surface area contributed by atoms with Crippen molar-refractivity contribution in [3.05, 3.63) is 76.3 Å². The molecule has 1 aliphatic heterocycles. The lowest BCUT2D eigenvalue weighted by molar-refractivity contribution is -0.125. The maximum atomic E-state index is 13.6. The number of nitrogens with one attached hydrogen (secondary N) is 1. The van der Waals surface area contributed by atoms with Gasteiger partial charge in [0.25, 0.3) is 5.56 Å². The van der Waals surface area contributed by atoms with Crippen LogP contribution in [0, 0.1) is 11.7 Å². The van der Waals surface area contributed by atoms with Gasteiger partial charge in [0.1, 0.15) is 11.6 Å². The lowest BCUT2D eigenvalue weighted by Gasteiger charge is -2.33. The van der Waals surface area contributed by atoms with Crippen LogP contribution in [-0.4, -0.2) is 43.0 Å². The molecule has 2 heterocycles. The van der Waals surface area contributed by atoms with Gasteiger partial charge in [-0.2, -0.15) is 4.68 Å². The van der Waals surface area contributed by atoms with Gasteiger partial charge in [-0.05, 0) is 54.8 Å². The Kier molecular flexibility index (Phi) is 7.10. The summed E-state index contributed by atoms with van der Waals surface area (Å²) in [6, 6.07) is 14.3. The molecule has 1 saturated heterocycles. The van der Waals surface area contributed by atoms with Crippen LogP contribution in [0.4, 0.5) is 10.2 Å². The standard InChI is InChI=1S/C25H27FN4O4/c1-33-21-9-8-17(13-22(21)34-2)15-27-25(32)18-5-4-12-29(16-18)23-10-11-24(31)30(28-23)20-7-3-6-19(26)14-20/h3,6-11,13-14,18H,4-5,12,15-16H2,1-2H3,(H,27,32). The van der Waals surface area contributed by atoms with E-state index in [-0.39, 0.29) is 17.4 Å². The third kappa shape index (κ3) is 5.19. The van der Waals surface area contributed by atoms with Crippen LogP contribution in [0.15, 0.2) is 59.4 Å². The fourth-order valence-electron chi connectivity index (χ4n) is 4.09. The van der Waals surface area contributed by atoms with E-state index in [1.54, 1.807) is 26.4 Å². The Bertz CT molecular complexity index is 1230. The predicted octanol–water partition coefficient (Wildman–Crippen LogP) is 2.92. The number of amides is 1. The maximum Gasteiger partial charge on any atom is 0.271 e. The van der Waals surface area contributed by atoms with Gasteiger partial charge in [-0.3, -0.25) is 9.59 Å². The number of ether oxygens (including phenoxy) is 2. The fourth-order valence-corrected chi connectivity index (χ4v) is 4.09. The molecule has 8 nitrogen and oxygen atoms in total. The summed E-state index contributed by atoms with van der Waals surface area (Å²) in [6.45, 7) is 1.57. The first-order chi connectivity index (χ1) is 16.5. The van der Waals surface area contributed by atoms with Crippen molar-refractivity contribution in [3.8, 4) is 17.2 Å². The molecule has 1 aliphatic rings. The fraction of sp³-hybridized carbons (Fsp3) is 0.320. The van der Waals surface area contributed by atoms with Gasteiger partial charge in [-0.1, -0.05) is 12.1 Å². The third-order valence-corrected chi connectivity index (χ3v) is 5.87. The van der Waals surface area contributed by atoms with Crippen molar-refractivity contribution in [2.45, 2.75) is 19.4 Å². The molecular weight excluding hydrogens is 439 g/mol. The average Bonchev–Trinajstić information content (AvgIpc) is 2.87. The number of anilines is 1. The molecule has 1 aromatic heterocycles. The van der Waals surface area contributed by atoms with Crippen LogP contribution in [0.2, 0.25) is 0 Å².